The highest BCUT2D eigenvalue weighted by atomic mass is 16.5. The van der Waals surface area contributed by atoms with Crippen molar-refractivity contribution in [2.45, 2.75) is 6.42 Å². The molecule has 0 aliphatic carbocycles. The van der Waals surface area contributed by atoms with Gasteiger partial charge in [0.05, 0.1) is 12.0 Å². The monoisotopic (exact) mass is 359 g/mol. The zero-order valence-electron chi connectivity index (χ0n) is 14.4. The van der Waals surface area contributed by atoms with E-state index in [0.717, 1.165) is 16.3 Å². The molecule has 134 valence electrons. The Bertz CT molecular complexity index is 1020. The Morgan fingerprint density at radius 2 is 1.59 bits per heavy atom. The molecular weight excluding hydrogens is 342 g/mol. The predicted molar refractivity (Wildman–Crippen MR) is 101 cm³/mol. The van der Waals surface area contributed by atoms with E-state index < -0.39 is 5.91 Å². The molecule has 0 aliphatic heterocycles. The number of fused-ring (bicyclic) bond motifs is 1. The molecule has 2 N–H and O–H groups in total. The van der Waals surface area contributed by atoms with Gasteiger partial charge in [-0.25, -0.2) is 0 Å². The lowest BCUT2D eigenvalue weighted by atomic mass is 10.0. The average molecular weight is 359 g/mol. The molecule has 0 saturated carbocycles. The van der Waals surface area contributed by atoms with E-state index >= 15 is 0 Å². The van der Waals surface area contributed by atoms with Crippen LogP contribution in [-0.4, -0.2) is 18.4 Å². The zero-order valence-corrected chi connectivity index (χ0v) is 14.4. The lowest BCUT2D eigenvalue weighted by Gasteiger charge is -2.10. The molecule has 3 rings (SSSR count). The third-order valence-corrected chi connectivity index (χ3v) is 3.94. The standard InChI is InChI=1S/C21H17N3O3/c22-13-17-7-2-4-11-19(17)27-14-21(26)24-23-20(25)12-16-9-5-8-15-6-1-3-10-18(15)16/h1-11H,12,14H2,(H,23,25)(H,24,26). The van der Waals surface area contributed by atoms with Gasteiger partial charge in [-0.3, -0.25) is 20.4 Å². The van der Waals surface area contributed by atoms with E-state index in [-0.39, 0.29) is 18.9 Å². The van der Waals surface area contributed by atoms with Crippen LogP contribution in [0.5, 0.6) is 5.75 Å². The van der Waals surface area contributed by atoms with Gasteiger partial charge in [-0.05, 0) is 28.5 Å². The maximum Gasteiger partial charge on any atom is 0.276 e. The molecule has 0 spiro atoms. The molecule has 0 aliphatic rings. The Labute approximate surface area is 156 Å². The van der Waals surface area contributed by atoms with Crippen molar-refractivity contribution in [1.82, 2.24) is 10.9 Å². The second-order valence-electron chi connectivity index (χ2n) is 5.81. The summed E-state index contributed by atoms with van der Waals surface area (Å²) in [5.74, 6) is -0.539. The summed E-state index contributed by atoms with van der Waals surface area (Å²) < 4.78 is 5.31. The number of hydrogen-bond donors (Lipinski definition) is 2. The smallest absolute Gasteiger partial charge is 0.276 e. The van der Waals surface area contributed by atoms with E-state index in [1.54, 1.807) is 24.3 Å². The van der Waals surface area contributed by atoms with Crippen molar-refractivity contribution in [3.8, 4) is 11.8 Å². The molecule has 3 aromatic rings. The first-order valence-corrected chi connectivity index (χ1v) is 8.33. The predicted octanol–water partition coefficient (Wildman–Crippen LogP) is 2.48. The summed E-state index contributed by atoms with van der Waals surface area (Å²) in [6.07, 6.45) is 0.139. The second kappa shape index (κ2) is 8.50. The molecule has 0 bridgehead atoms. The van der Waals surface area contributed by atoms with Crippen LogP contribution >= 0.6 is 0 Å². The van der Waals surface area contributed by atoms with Crippen molar-refractivity contribution in [2.24, 2.45) is 0 Å². The number of nitriles is 1. The van der Waals surface area contributed by atoms with Crippen molar-refractivity contribution < 1.29 is 14.3 Å². The number of rotatable bonds is 5. The van der Waals surface area contributed by atoms with Crippen LogP contribution in [0.1, 0.15) is 11.1 Å². The zero-order chi connectivity index (χ0) is 19.1. The number of hydrogen-bond acceptors (Lipinski definition) is 4. The molecule has 0 heterocycles. The van der Waals surface area contributed by atoms with Gasteiger partial charge in [0, 0.05) is 0 Å². The fourth-order valence-corrected chi connectivity index (χ4v) is 2.67. The number of carbonyl (C=O) groups excluding carboxylic acids is 2. The van der Waals surface area contributed by atoms with Crippen LogP contribution < -0.4 is 15.6 Å². The first-order chi connectivity index (χ1) is 13.2. The Balaban J connectivity index is 1.51. The fraction of sp³-hybridized carbons (Fsp3) is 0.0952. The van der Waals surface area contributed by atoms with Gasteiger partial charge in [0.25, 0.3) is 5.91 Å². The van der Waals surface area contributed by atoms with Crippen molar-refractivity contribution in [1.29, 1.82) is 5.26 Å². The molecule has 0 aromatic heterocycles. The highest BCUT2D eigenvalue weighted by Gasteiger charge is 2.10. The Morgan fingerprint density at radius 3 is 2.44 bits per heavy atom. The lowest BCUT2D eigenvalue weighted by molar-refractivity contribution is -0.129. The Kier molecular flexibility index (Phi) is 5.65. The van der Waals surface area contributed by atoms with Crippen LogP contribution in [0.2, 0.25) is 0 Å². The summed E-state index contributed by atoms with van der Waals surface area (Å²) >= 11 is 0. The second-order valence-corrected chi connectivity index (χ2v) is 5.81. The van der Waals surface area contributed by atoms with E-state index in [1.807, 2.05) is 48.5 Å². The molecule has 0 atom stereocenters. The van der Waals surface area contributed by atoms with E-state index in [2.05, 4.69) is 10.9 Å². The summed E-state index contributed by atoms with van der Waals surface area (Å²) in [6, 6.07) is 22.2. The van der Waals surface area contributed by atoms with Gasteiger partial charge in [0.15, 0.2) is 6.61 Å². The summed E-state index contributed by atoms with van der Waals surface area (Å²) in [6.45, 7) is -0.312. The average Bonchev–Trinajstić information content (AvgIpc) is 2.71. The summed E-state index contributed by atoms with van der Waals surface area (Å²) in [4.78, 5) is 24.0. The van der Waals surface area contributed by atoms with Crippen LogP contribution in [0.4, 0.5) is 0 Å². The third-order valence-electron chi connectivity index (χ3n) is 3.94. The molecule has 3 aromatic carbocycles. The number of nitrogens with one attached hydrogen (secondary N) is 2. The minimum absolute atomic E-state index is 0.139. The van der Waals surface area contributed by atoms with E-state index in [0.29, 0.717) is 11.3 Å². The van der Waals surface area contributed by atoms with Crippen molar-refractivity contribution in [2.75, 3.05) is 6.61 Å². The first kappa shape index (κ1) is 18.0. The minimum Gasteiger partial charge on any atom is -0.482 e. The number of carbonyl (C=O) groups is 2. The number of amides is 2. The molecule has 0 radical (unpaired) electrons. The van der Waals surface area contributed by atoms with Crippen LogP contribution in [0, 0.1) is 11.3 Å². The van der Waals surface area contributed by atoms with Crippen LogP contribution in [-0.2, 0) is 16.0 Å². The highest BCUT2D eigenvalue weighted by Crippen LogP contribution is 2.19. The summed E-state index contributed by atoms with van der Waals surface area (Å²) in [5.41, 5.74) is 5.90. The Morgan fingerprint density at radius 1 is 0.889 bits per heavy atom. The molecule has 6 heteroatoms. The normalized spacial score (nSPS) is 10.0. The van der Waals surface area contributed by atoms with Gasteiger partial charge >= 0.3 is 0 Å². The largest absolute Gasteiger partial charge is 0.482 e. The van der Waals surface area contributed by atoms with Gasteiger partial charge < -0.3 is 4.74 Å². The molecule has 0 fully saturated rings. The maximum absolute atomic E-state index is 12.1. The quantitative estimate of drug-likeness (QED) is 0.685. The number of ether oxygens (including phenoxy) is 1. The van der Waals surface area contributed by atoms with E-state index in [1.165, 1.54) is 0 Å². The first-order valence-electron chi connectivity index (χ1n) is 8.33. The lowest BCUT2D eigenvalue weighted by Crippen LogP contribution is -2.44. The van der Waals surface area contributed by atoms with Gasteiger partial charge in [-0.2, -0.15) is 5.26 Å². The number of nitrogens with zero attached hydrogens (tertiary/aromatic N) is 1. The fourth-order valence-electron chi connectivity index (χ4n) is 2.67. The van der Waals surface area contributed by atoms with Crippen LogP contribution in [0.3, 0.4) is 0 Å². The van der Waals surface area contributed by atoms with Crippen LogP contribution in [0.25, 0.3) is 10.8 Å². The van der Waals surface area contributed by atoms with Crippen molar-refractivity contribution >= 4 is 22.6 Å². The molecule has 0 unspecified atom stereocenters. The summed E-state index contributed by atoms with van der Waals surface area (Å²) in [5, 5.41) is 11.0. The van der Waals surface area contributed by atoms with Gasteiger partial charge in [-0.1, -0.05) is 54.6 Å². The number of benzene rings is 3. The number of hydrazine groups is 1. The van der Waals surface area contributed by atoms with E-state index in [9.17, 15) is 9.59 Å². The Hall–Kier alpha value is -3.85. The van der Waals surface area contributed by atoms with Gasteiger partial charge in [0.1, 0.15) is 11.8 Å². The molecule has 2 amide bonds. The van der Waals surface area contributed by atoms with Crippen molar-refractivity contribution in [3.63, 3.8) is 0 Å². The highest BCUT2D eigenvalue weighted by molar-refractivity contribution is 5.91. The maximum atomic E-state index is 12.1. The third kappa shape index (κ3) is 4.61. The van der Waals surface area contributed by atoms with Gasteiger partial charge in [0.2, 0.25) is 5.91 Å². The SMILES string of the molecule is N#Cc1ccccc1OCC(=O)NNC(=O)Cc1cccc2ccccc12. The number of para-hydroxylation sites is 1. The molecule has 0 saturated heterocycles. The molecule has 27 heavy (non-hydrogen) atoms. The topological polar surface area (TPSA) is 91.2 Å². The van der Waals surface area contributed by atoms with Crippen molar-refractivity contribution in [3.05, 3.63) is 77.9 Å². The van der Waals surface area contributed by atoms with Crippen LogP contribution in [0.15, 0.2) is 66.7 Å². The molecule has 6 nitrogen and oxygen atoms in total. The minimum atomic E-state index is -0.519. The van der Waals surface area contributed by atoms with E-state index in [4.69, 9.17) is 10.00 Å². The summed E-state index contributed by atoms with van der Waals surface area (Å²) in [7, 11) is 0. The molecular formula is C21H17N3O3. The van der Waals surface area contributed by atoms with Gasteiger partial charge in [-0.15, -0.1) is 0 Å².